The van der Waals surface area contributed by atoms with Gasteiger partial charge in [0.2, 0.25) is 0 Å². The molecule has 1 atom stereocenters. The Kier molecular flexibility index (Phi) is 6.53. The Morgan fingerprint density at radius 1 is 1.19 bits per heavy atom. The third-order valence-electron chi connectivity index (χ3n) is 5.43. The van der Waals surface area contributed by atoms with Crippen LogP contribution in [0.25, 0.3) is 0 Å². The monoisotopic (exact) mass is 440 g/mol. The summed E-state index contributed by atoms with van der Waals surface area (Å²) in [7, 11) is 1.61. The van der Waals surface area contributed by atoms with E-state index >= 15 is 0 Å². The number of aryl methyl sites for hydroxylation is 1. The normalized spacial score (nSPS) is 15.5. The number of nitrogens with one attached hydrogen (secondary N) is 1. The van der Waals surface area contributed by atoms with E-state index in [-0.39, 0.29) is 30.1 Å². The minimum atomic E-state index is -0.361. The number of hydrogen-bond donors (Lipinski definition) is 1. The zero-order chi connectivity index (χ0) is 22.5. The highest BCUT2D eigenvalue weighted by atomic mass is 19.1. The van der Waals surface area contributed by atoms with Crippen molar-refractivity contribution in [1.82, 2.24) is 19.7 Å². The van der Waals surface area contributed by atoms with Crippen molar-refractivity contribution >= 4 is 5.91 Å². The molecule has 9 heteroatoms. The van der Waals surface area contributed by atoms with Crippen LogP contribution in [0.1, 0.15) is 24.2 Å². The number of nitrogens with zero attached hydrogens (tertiary/aromatic N) is 3. The Bertz CT molecular complexity index is 1140. The first kappa shape index (κ1) is 21.6. The molecule has 0 saturated carbocycles. The molecule has 0 fully saturated rings. The van der Waals surface area contributed by atoms with Gasteiger partial charge in [-0.25, -0.2) is 13.9 Å². The third-order valence-corrected chi connectivity index (χ3v) is 5.43. The fourth-order valence-corrected chi connectivity index (χ4v) is 3.77. The summed E-state index contributed by atoms with van der Waals surface area (Å²) in [6.07, 6.45) is 1.89. The van der Waals surface area contributed by atoms with Gasteiger partial charge >= 0.3 is 5.69 Å². The van der Waals surface area contributed by atoms with Crippen LogP contribution in [0.15, 0.2) is 53.3 Å². The van der Waals surface area contributed by atoms with Gasteiger partial charge in [0.05, 0.1) is 13.7 Å². The summed E-state index contributed by atoms with van der Waals surface area (Å²) < 4.78 is 26.7. The number of ether oxygens (including phenoxy) is 2. The van der Waals surface area contributed by atoms with Crippen molar-refractivity contribution in [3.8, 4) is 11.5 Å². The quantitative estimate of drug-likeness (QED) is 0.608. The van der Waals surface area contributed by atoms with Gasteiger partial charge in [-0.05, 0) is 54.8 Å². The van der Waals surface area contributed by atoms with E-state index in [1.165, 1.54) is 28.9 Å². The first-order valence-corrected chi connectivity index (χ1v) is 10.5. The van der Waals surface area contributed by atoms with Crippen LogP contribution in [-0.4, -0.2) is 40.0 Å². The molecule has 1 amide bonds. The third kappa shape index (κ3) is 5.16. The second kappa shape index (κ2) is 9.67. The number of fused-ring (bicyclic) bond motifs is 1. The van der Waals surface area contributed by atoms with Crippen LogP contribution in [-0.2, 0) is 24.3 Å². The van der Waals surface area contributed by atoms with Crippen LogP contribution in [0.4, 0.5) is 4.39 Å². The van der Waals surface area contributed by atoms with Crippen molar-refractivity contribution < 1.29 is 18.7 Å². The van der Waals surface area contributed by atoms with Gasteiger partial charge in [-0.2, -0.15) is 5.10 Å². The van der Waals surface area contributed by atoms with E-state index in [4.69, 9.17) is 9.47 Å². The maximum absolute atomic E-state index is 12.9. The molecule has 4 rings (SSSR count). The molecule has 2 aromatic carbocycles. The van der Waals surface area contributed by atoms with Gasteiger partial charge in [0.1, 0.15) is 23.1 Å². The van der Waals surface area contributed by atoms with Gasteiger partial charge in [-0.3, -0.25) is 9.36 Å². The Labute approximate surface area is 184 Å². The molecule has 0 spiro atoms. The minimum absolute atomic E-state index is 0.0766. The highest BCUT2D eigenvalue weighted by Gasteiger charge is 2.22. The maximum atomic E-state index is 12.9. The van der Waals surface area contributed by atoms with E-state index in [0.717, 1.165) is 17.1 Å². The molecule has 1 aliphatic heterocycles. The lowest BCUT2D eigenvalue weighted by molar-refractivity contribution is -0.123. The van der Waals surface area contributed by atoms with E-state index in [0.29, 0.717) is 38.1 Å². The van der Waals surface area contributed by atoms with E-state index in [1.54, 1.807) is 11.7 Å². The van der Waals surface area contributed by atoms with E-state index in [2.05, 4.69) is 10.4 Å². The fraction of sp³-hybridized carbons (Fsp3) is 0.348. The molecule has 1 aliphatic rings. The summed E-state index contributed by atoms with van der Waals surface area (Å²) >= 11 is 0. The van der Waals surface area contributed by atoms with Gasteiger partial charge in [-0.1, -0.05) is 12.1 Å². The summed E-state index contributed by atoms with van der Waals surface area (Å²) in [5.41, 5.74) is 0.778. The molecule has 0 bridgehead atoms. The molecule has 168 valence electrons. The standard InChI is InChI=1S/C23H25FN4O4/c1-31-20-4-2-3-16(13-20)14-28-23(30)27-12-11-18(7-10-21(27)26-28)25-22(29)15-32-19-8-5-17(24)6-9-19/h2-6,8-9,13,18H,7,10-12,14-15H2,1H3,(H,25,29). The number of rotatable bonds is 7. The second-order valence-electron chi connectivity index (χ2n) is 7.69. The van der Waals surface area contributed by atoms with Gasteiger partial charge < -0.3 is 14.8 Å². The largest absolute Gasteiger partial charge is 0.497 e. The van der Waals surface area contributed by atoms with Gasteiger partial charge in [0.15, 0.2) is 6.61 Å². The summed E-state index contributed by atoms with van der Waals surface area (Å²) in [6.45, 7) is 0.701. The molecule has 32 heavy (non-hydrogen) atoms. The van der Waals surface area contributed by atoms with Crippen molar-refractivity contribution in [2.75, 3.05) is 13.7 Å². The van der Waals surface area contributed by atoms with E-state index < -0.39 is 0 Å². The summed E-state index contributed by atoms with van der Waals surface area (Å²) in [6, 6.07) is 13.0. The molecule has 1 unspecified atom stereocenters. The molecule has 3 aromatic rings. The molecular weight excluding hydrogens is 415 g/mol. The molecule has 8 nitrogen and oxygen atoms in total. The van der Waals surface area contributed by atoms with Crippen LogP contribution in [0.3, 0.4) is 0 Å². The first-order chi connectivity index (χ1) is 15.5. The zero-order valence-corrected chi connectivity index (χ0v) is 17.8. The van der Waals surface area contributed by atoms with E-state index in [1.807, 2.05) is 24.3 Å². The Morgan fingerprint density at radius 3 is 2.78 bits per heavy atom. The lowest BCUT2D eigenvalue weighted by Crippen LogP contribution is -2.38. The molecule has 2 heterocycles. The molecule has 1 N–H and O–H groups in total. The van der Waals surface area contributed by atoms with Crippen molar-refractivity contribution in [1.29, 1.82) is 0 Å². The average molecular weight is 440 g/mol. The minimum Gasteiger partial charge on any atom is -0.497 e. The van der Waals surface area contributed by atoms with Crippen molar-refractivity contribution in [3.05, 3.63) is 76.2 Å². The van der Waals surface area contributed by atoms with Crippen LogP contribution in [0.5, 0.6) is 11.5 Å². The topological polar surface area (TPSA) is 87.4 Å². The predicted molar refractivity (Wildman–Crippen MR) is 115 cm³/mol. The number of aromatic nitrogens is 3. The van der Waals surface area contributed by atoms with Gasteiger partial charge in [0.25, 0.3) is 5.91 Å². The number of halogens is 1. The Hall–Kier alpha value is -3.62. The molecule has 0 radical (unpaired) electrons. The molecule has 1 aromatic heterocycles. The van der Waals surface area contributed by atoms with Crippen molar-refractivity contribution in [3.63, 3.8) is 0 Å². The Balaban J connectivity index is 1.32. The van der Waals surface area contributed by atoms with Crippen LogP contribution < -0.4 is 20.5 Å². The summed E-state index contributed by atoms with van der Waals surface area (Å²) in [4.78, 5) is 25.1. The smallest absolute Gasteiger partial charge is 0.346 e. The van der Waals surface area contributed by atoms with Gasteiger partial charge in [0, 0.05) is 19.0 Å². The molecule has 0 saturated heterocycles. The fourth-order valence-electron chi connectivity index (χ4n) is 3.77. The van der Waals surface area contributed by atoms with Crippen LogP contribution in [0.2, 0.25) is 0 Å². The lowest BCUT2D eigenvalue weighted by Gasteiger charge is -2.16. The highest BCUT2D eigenvalue weighted by molar-refractivity contribution is 5.77. The number of carbonyl (C=O) groups excluding carboxylic acids is 1. The molecular formula is C23H25FN4O4. The number of benzene rings is 2. The summed E-state index contributed by atoms with van der Waals surface area (Å²) in [5, 5.41) is 7.47. The maximum Gasteiger partial charge on any atom is 0.346 e. The number of amides is 1. The SMILES string of the molecule is COc1cccc(Cn2nc3n(c2=O)CCC(NC(=O)COc2ccc(F)cc2)CC3)c1. The van der Waals surface area contributed by atoms with Crippen LogP contribution >= 0.6 is 0 Å². The van der Waals surface area contributed by atoms with Crippen molar-refractivity contribution in [2.24, 2.45) is 0 Å². The van der Waals surface area contributed by atoms with E-state index in [9.17, 15) is 14.0 Å². The summed E-state index contributed by atoms with van der Waals surface area (Å²) in [5.74, 6) is 1.27. The molecule has 0 aliphatic carbocycles. The lowest BCUT2D eigenvalue weighted by atomic mass is 10.1. The van der Waals surface area contributed by atoms with Crippen molar-refractivity contribution in [2.45, 2.75) is 38.4 Å². The second-order valence-corrected chi connectivity index (χ2v) is 7.69. The Morgan fingerprint density at radius 2 is 2.00 bits per heavy atom. The number of methoxy groups -OCH3 is 1. The number of hydrogen-bond acceptors (Lipinski definition) is 5. The van der Waals surface area contributed by atoms with Crippen LogP contribution in [0, 0.1) is 5.82 Å². The highest BCUT2D eigenvalue weighted by Crippen LogP contribution is 2.15. The van der Waals surface area contributed by atoms with Gasteiger partial charge in [-0.15, -0.1) is 0 Å². The zero-order valence-electron chi connectivity index (χ0n) is 17.8. The first-order valence-electron chi connectivity index (χ1n) is 10.5. The number of carbonyl (C=O) groups is 1. The predicted octanol–water partition coefficient (Wildman–Crippen LogP) is 2.14. The average Bonchev–Trinajstić information content (AvgIpc) is 2.95.